The molecule has 3 unspecified atom stereocenters. The Hall–Kier alpha value is -0.570. The van der Waals surface area contributed by atoms with Crippen LogP contribution in [0.5, 0.6) is 0 Å². The fourth-order valence-corrected chi connectivity index (χ4v) is 2.00. The minimum Gasteiger partial charge on any atom is -0.462 e. The molecular weight excluding hydrogens is 178 g/mol. The first kappa shape index (κ1) is 11.5. The van der Waals surface area contributed by atoms with Crippen LogP contribution in [0.2, 0.25) is 0 Å². The Morgan fingerprint density at radius 2 is 2.29 bits per heavy atom. The molecule has 14 heavy (non-hydrogen) atoms. The van der Waals surface area contributed by atoms with Crippen LogP contribution in [0, 0.1) is 11.8 Å². The molecule has 0 radical (unpaired) electrons. The van der Waals surface area contributed by atoms with Crippen LogP contribution in [0.25, 0.3) is 0 Å². The van der Waals surface area contributed by atoms with Gasteiger partial charge in [-0.1, -0.05) is 13.3 Å². The van der Waals surface area contributed by atoms with Crippen LogP contribution in [-0.2, 0) is 9.53 Å². The highest BCUT2D eigenvalue weighted by Crippen LogP contribution is 2.32. The Balaban J connectivity index is 2.43. The van der Waals surface area contributed by atoms with Crippen LogP contribution in [-0.4, -0.2) is 18.6 Å². The molecular formula is C11H21NO2. The highest BCUT2D eigenvalue weighted by molar-refractivity contribution is 5.73. The van der Waals surface area contributed by atoms with E-state index in [-0.39, 0.29) is 18.0 Å². The molecule has 0 aromatic rings. The van der Waals surface area contributed by atoms with Crippen molar-refractivity contribution in [2.45, 2.75) is 45.6 Å². The van der Waals surface area contributed by atoms with Crippen molar-refractivity contribution in [2.24, 2.45) is 17.6 Å². The third-order valence-corrected chi connectivity index (χ3v) is 3.16. The third kappa shape index (κ3) is 2.71. The van der Waals surface area contributed by atoms with E-state index in [1.807, 2.05) is 13.8 Å². The summed E-state index contributed by atoms with van der Waals surface area (Å²) in [5, 5.41) is 0. The van der Waals surface area contributed by atoms with Gasteiger partial charge in [0.2, 0.25) is 0 Å². The number of rotatable bonds is 4. The number of ether oxygens (including phenoxy) is 1. The molecule has 1 aliphatic rings. The molecule has 0 saturated heterocycles. The second-order valence-electron chi connectivity index (χ2n) is 4.19. The van der Waals surface area contributed by atoms with Crippen molar-refractivity contribution < 1.29 is 9.53 Å². The molecule has 0 aliphatic heterocycles. The zero-order valence-electron chi connectivity index (χ0n) is 9.16. The van der Waals surface area contributed by atoms with Gasteiger partial charge in [-0.15, -0.1) is 0 Å². The van der Waals surface area contributed by atoms with Gasteiger partial charge in [0.15, 0.2) is 0 Å². The van der Waals surface area contributed by atoms with E-state index in [4.69, 9.17) is 10.5 Å². The van der Waals surface area contributed by atoms with E-state index in [1.54, 1.807) is 0 Å². The number of carbonyl (C=O) groups excluding carboxylic acids is 1. The second kappa shape index (κ2) is 5.35. The Bertz CT molecular complexity index is 194. The van der Waals surface area contributed by atoms with Crippen molar-refractivity contribution in [1.82, 2.24) is 0 Å². The van der Waals surface area contributed by atoms with Gasteiger partial charge in [0.05, 0.1) is 12.0 Å². The molecule has 0 spiro atoms. The zero-order valence-corrected chi connectivity index (χ0v) is 9.16. The maximum atomic E-state index is 11.7. The smallest absolute Gasteiger partial charge is 0.309 e. The summed E-state index contributed by atoms with van der Waals surface area (Å²) in [7, 11) is 0. The molecule has 1 rings (SSSR count). The normalized spacial score (nSPS) is 28.8. The highest BCUT2D eigenvalue weighted by atomic mass is 16.5. The summed E-state index contributed by atoms with van der Waals surface area (Å²) < 4.78 is 5.32. The molecule has 0 aromatic carbocycles. The SMILES string of the molecule is CCC(C)OC(=O)C1CCCC1CN. The van der Waals surface area contributed by atoms with Gasteiger partial charge in [0.25, 0.3) is 0 Å². The van der Waals surface area contributed by atoms with Crippen LogP contribution in [0.15, 0.2) is 0 Å². The maximum absolute atomic E-state index is 11.7. The molecule has 3 nitrogen and oxygen atoms in total. The first-order valence-corrected chi connectivity index (χ1v) is 5.59. The zero-order chi connectivity index (χ0) is 10.6. The molecule has 2 N–H and O–H groups in total. The lowest BCUT2D eigenvalue weighted by atomic mass is 9.96. The summed E-state index contributed by atoms with van der Waals surface area (Å²) in [4.78, 5) is 11.7. The van der Waals surface area contributed by atoms with E-state index < -0.39 is 0 Å². The van der Waals surface area contributed by atoms with Crippen LogP contribution in [0.4, 0.5) is 0 Å². The van der Waals surface area contributed by atoms with E-state index in [2.05, 4.69) is 0 Å². The van der Waals surface area contributed by atoms with E-state index in [9.17, 15) is 4.79 Å². The third-order valence-electron chi connectivity index (χ3n) is 3.16. The Labute approximate surface area is 86.0 Å². The average Bonchev–Trinajstić information content (AvgIpc) is 2.65. The minimum atomic E-state index is -0.0349. The fourth-order valence-electron chi connectivity index (χ4n) is 2.00. The van der Waals surface area contributed by atoms with Gasteiger partial charge < -0.3 is 10.5 Å². The van der Waals surface area contributed by atoms with Crippen molar-refractivity contribution in [1.29, 1.82) is 0 Å². The lowest BCUT2D eigenvalue weighted by Gasteiger charge is -2.19. The molecule has 1 fully saturated rings. The molecule has 3 atom stereocenters. The van der Waals surface area contributed by atoms with Crippen molar-refractivity contribution in [3.8, 4) is 0 Å². The van der Waals surface area contributed by atoms with Gasteiger partial charge in [-0.2, -0.15) is 0 Å². The highest BCUT2D eigenvalue weighted by Gasteiger charge is 2.33. The van der Waals surface area contributed by atoms with Crippen molar-refractivity contribution in [3.63, 3.8) is 0 Å². The first-order chi connectivity index (χ1) is 6.69. The quantitative estimate of drug-likeness (QED) is 0.701. The molecule has 1 aliphatic carbocycles. The van der Waals surface area contributed by atoms with Gasteiger partial charge in [0.1, 0.15) is 0 Å². The largest absolute Gasteiger partial charge is 0.462 e. The average molecular weight is 199 g/mol. The van der Waals surface area contributed by atoms with Gasteiger partial charge in [0, 0.05) is 0 Å². The predicted molar refractivity (Wildman–Crippen MR) is 55.7 cm³/mol. The van der Waals surface area contributed by atoms with E-state index >= 15 is 0 Å². The van der Waals surface area contributed by atoms with Crippen LogP contribution in [0.3, 0.4) is 0 Å². The summed E-state index contributed by atoms with van der Waals surface area (Å²) >= 11 is 0. The van der Waals surface area contributed by atoms with Crippen LogP contribution >= 0.6 is 0 Å². The van der Waals surface area contributed by atoms with Gasteiger partial charge >= 0.3 is 5.97 Å². The van der Waals surface area contributed by atoms with Gasteiger partial charge in [-0.25, -0.2) is 0 Å². The Kier molecular flexibility index (Phi) is 4.39. The summed E-state index contributed by atoms with van der Waals surface area (Å²) in [5.41, 5.74) is 5.62. The molecule has 1 saturated carbocycles. The molecule has 0 aromatic heterocycles. The number of hydrogen-bond acceptors (Lipinski definition) is 3. The first-order valence-electron chi connectivity index (χ1n) is 5.59. The summed E-state index contributed by atoms with van der Waals surface area (Å²) in [6, 6.07) is 0. The van der Waals surface area contributed by atoms with Gasteiger partial charge in [-0.3, -0.25) is 4.79 Å². The fraction of sp³-hybridized carbons (Fsp3) is 0.909. The topological polar surface area (TPSA) is 52.3 Å². The van der Waals surface area contributed by atoms with Crippen molar-refractivity contribution in [3.05, 3.63) is 0 Å². The Morgan fingerprint density at radius 1 is 1.57 bits per heavy atom. The molecule has 82 valence electrons. The van der Waals surface area contributed by atoms with Crippen molar-refractivity contribution >= 4 is 5.97 Å². The van der Waals surface area contributed by atoms with Crippen LogP contribution < -0.4 is 5.73 Å². The molecule has 0 amide bonds. The van der Waals surface area contributed by atoms with Gasteiger partial charge in [-0.05, 0) is 38.6 Å². The second-order valence-corrected chi connectivity index (χ2v) is 4.19. The maximum Gasteiger partial charge on any atom is 0.309 e. The minimum absolute atomic E-state index is 0.0349. The van der Waals surface area contributed by atoms with E-state index in [1.165, 1.54) is 0 Å². The lowest BCUT2D eigenvalue weighted by Crippen LogP contribution is -2.28. The molecule has 0 heterocycles. The molecule has 3 heteroatoms. The van der Waals surface area contributed by atoms with Crippen molar-refractivity contribution in [2.75, 3.05) is 6.54 Å². The monoisotopic (exact) mass is 199 g/mol. The number of nitrogens with two attached hydrogens (primary N) is 1. The van der Waals surface area contributed by atoms with E-state index in [0.717, 1.165) is 25.7 Å². The standard InChI is InChI=1S/C11H21NO2/c1-3-8(2)14-11(13)10-6-4-5-9(10)7-12/h8-10H,3-7,12H2,1-2H3. The lowest BCUT2D eigenvalue weighted by molar-refractivity contribution is -0.154. The number of carbonyl (C=O) groups is 1. The van der Waals surface area contributed by atoms with Crippen LogP contribution in [0.1, 0.15) is 39.5 Å². The predicted octanol–water partition coefficient (Wildman–Crippen LogP) is 1.70. The van der Waals surface area contributed by atoms with E-state index in [0.29, 0.717) is 12.5 Å². The number of esters is 1. The Morgan fingerprint density at radius 3 is 2.86 bits per heavy atom. The summed E-state index contributed by atoms with van der Waals surface area (Å²) in [5.74, 6) is 0.382. The summed E-state index contributed by atoms with van der Waals surface area (Å²) in [6.45, 7) is 4.57. The number of hydrogen-bond donors (Lipinski definition) is 1. The summed E-state index contributed by atoms with van der Waals surface area (Å²) in [6.07, 6.45) is 4.07. The molecule has 0 bridgehead atoms.